The van der Waals surface area contributed by atoms with E-state index in [1.807, 2.05) is 0 Å². The van der Waals surface area contributed by atoms with Crippen molar-refractivity contribution in [1.29, 1.82) is 0 Å². The number of aliphatic carboxylic acids is 1. The lowest BCUT2D eigenvalue weighted by atomic mass is 9.99. The summed E-state index contributed by atoms with van der Waals surface area (Å²) in [5, 5.41) is 87.3. The Morgan fingerprint density at radius 3 is 1.37 bits per heavy atom. The quantitative estimate of drug-likeness (QED) is 0.0169. The normalized spacial score (nSPS) is 16.4. The number of carboxylic acid groups (broad SMARTS) is 1. The molecule has 2 aromatic rings. The lowest BCUT2D eigenvalue weighted by Crippen LogP contribution is -2.63. The molecule has 43 heteroatoms. The average molecular weight is 1440 g/mol. The number of aromatic nitrogens is 3. The molecular formula is C55H82N18O22S3. The van der Waals surface area contributed by atoms with Gasteiger partial charge in [0.25, 0.3) is 11.8 Å². The van der Waals surface area contributed by atoms with Crippen LogP contribution in [0.4, 0.5) is 0 Å². The van der Waals surface area contributed by atoms with Gasteiger partial charge in [-0.2, -0.15) is 47.7 Å². The molecule has 1 aromatic heterocycles. The first-order chi connectivity index (χ1) is 45.8. The van der Waals surface area contributed by atoms with Gasteiger partial charge in [0.05, 0.1) is 44.0 Å². The van der Waals surface area contributed by atoms with Crippen molar-refractivity contribution in [3.63, 3.8) is 0 Å². The number of hydrogen-bond donors (Lipinski definition) is 22. The van der Waals surface area contributed by atoms with Crippen molar-refractivity contribution in [3.8, 4) is 5.75 Å². The summed E-state index contributed by atoms with van der Waals surface area (Å²) in [4.78, 5) is 206. The lowest BCUT2D eigenvalue weighted by molar-refractivity contribution is -0.154. The van der Waals surface area contributed by atoms with E-state index in [1.165, 1.54) is 59.0 Å². The predicted molar refractivity (Wildman–Crippen MR) is 346 cm³/mol. The van der Waals surface area contributed by atoms with Crippen LogP contribution in [-0.2, 0) is 84.9 Å². The topological polar surface area (TPSA) is 586 Å². The molecule has 0 fully saturated rings. The minimum absolute atomic E-state index is 0.0226. The van der Waals surface area contributed by atoms with Gasteiger partial charge in [-0.1, -0.05) is 6.07 Å². The minimum Gasteiger partial charge on any atom is -0.487 e. The van der Waals surface area contributed by atoms with Crippen molar-refractivity contribution in [1.82, 2.24) is 89.3 Å². The number of nitrogens with zero attached hydrogens (tertiary/aromatic N) is 4. The molecule has 0 spiro atoms. The molecule has 0 unspecified atom stereocenters. The Labute approximate surface area is 575 Å². The average Bonchev–Trinajstić information content (AvgIpc) is 0.858. The van der Waals surface area contributed by atoms with E-state index in [1.54, 1.807) is 0 Å². The van der Waals surface area contributed by atoms with Gasteiger partial charge in [0.2, 0.25) is 76.8 Å². The highest BCUT2D eigenvalue weighted by atomic mass is 32.1. The Balaban J connectivity index is 1.44. The molecular weight excluding hydrogens is 1360 g/mol. The second-order valence-corrected chi connectivity index (χ2v) is 23.4. The van der Waals surface area contributed by atoms with Crippen LogP contribution in [0.1, 0.15) is 83.9 Å². The molecule has 0 saturated heterocycles. The molecule has 15 atom stereocenters. The number of benzene rings is 1. The Kier molecular flexibility index (Phi) is 33.0. The highest BCUT2D eigenvalue weighted by Gasteiger charge is 2.37. The first-order valence-corrected chi connectivity index (χ1v) is 31.7. The summed E-state index contributed by atoms with van der Waals surface area (Å²) in [7, 11) is 0. The predicted octanol–water partition coefficient (Wildman–Crippen LogP) is -9.62. The SMILES string of the molecule is C[C@H](NC(=O)[C@H](CS)NC(=O)[C@H](C)NC(=O)[C@H](C)NC(=O)[C@H](CS)NC(=O)[C@@H](NC(=O)[C@@H](NC(=O)[C@H](C)NC(=O)CNC(=O)[C@H](C)NC(=O)CNC(=O)[C@@H](NC(=O)[C@H](C)NC(=O)[C@H](CS)Nn1cc(COc2ccc3c(c2)C(=O)N(O)C(=O)C3)nn1)[C@@H](C)O)[C@@H](C)O)[C@@H](C)O)C(=O)O. The number of carbonyl (C=O) groups excluding carboxylic acids is 15. The lowest BCUT2D eigenvalue weighted by Gasteiger charge is -2.28. The number of amides is 15. The van der Waals surface area contributed by atoms with Crippen LogP contribution >= 0.6 is 37.9 Å². The van der Waals surface area contributed by atoms with Crippen LogP contribution in [-0.4, -0.2) is 262 Å². The number of hydroxylamine groups is 2. The maximum atomic E-state index is 13.4. The van der Waals surface area contributed by atoms with E-state index in [2.05, 4.69) is 123 Å². The van der Waals surface area contributed by atoms with Gasteiger partial charge in [0.1, 0.15) is 90.6 Å². The van der Waals surface area contributed by atoms with E-state index in [0.29, 0.717) is 5.56 Å². The number of fused-ring (bicyclic) bond motifs is 1. The second kappa shape index (κ2) is 39.1. The molecule has 0 saturated carbocycles. The van der Waals surface area contributed by atoms with Gasteiger partial charge in [-0.3, -0.25) is 87.3 Å². The number of aliphatic hydroxyl groups is 3. The van der Waals surface area contributed by atoms with Gasteiger partial charge in [-0.15, -0.1) is 5.10 Å². The van der Waals surface area contributed by atoms with Crippen LogP contribution in [0.15, 0.2) is 24.4 Å². The largest absolute Gasteiger partial charge is 0.487 e. The van der Waals surface area contributed by atoms with Crippen LogP contribution < -0.4 is 79.3 Å². The third kappa shape index (κ3) is 25.5. The molecule has 542 valence electrons. The van der Waals surface area contributed by atoms with Gasteiger partial charge in [-0.25, -0.2) is 0 Å². The van der Waals surface area contributed by atoms with Crippen LogP contribution in [0, 0.1) is 0 Å². The third-order valence-electron chi connectivity index (χ3n) is 14.0. The number of thiol groups is 3. The van der Waals surface area contributed by atoms with E-state index in [0.717, 1.165) is 32.5 Å². The van der Waals surface area contributed by atoms with Crippen LogP contribution in [0.25, 0.3) is 0 Å². The van der Waals surface area contributed by atoms with E-state index in [4.69, 9.17) is 9.84 Å². The fourth-order valence-electron chi connectivity index (χ4n) is 8.21. The zero-order valence-corrected chi connectivity index (χ0v) is 56.9. The van der Waals surface area contributed by atoms with E-state index in [9.17, 15) is 97.2 Å². The summed E-state index contributed by atoms with van der Waals surface area (Å²) < 4.78 is 5.68. The molecule has 1 aliphatic rings. The molecule has 1 aliphatic heterocycles. The summed E-state index contributed by atoms with van der Waals surface area (Å²) in [5.41, 5.74) is 3.46. The van der Waals surface area contributed by atoms with E-state index in [-0.39, 0.29) is 46.6 Å². The van der Waals surface area contributed by atoms with Gasteiger partial charge in [0.15, 0.2) is 0 Å². The van der Waals surface area contributed by atoms with Crippen molar-refractivity contribution >= 4 is 132 Å². The zero-order chi connectivity index (χ0) is 74.2. The smallest absolute Gasteiger partial charge is 0.325 e. The number of nitrogens with one attached hydrogen (secondary N) is 14. The molecule has 0 radical (unpaired) electrons. The molecule has 0 bridgehead atoms. The van der Waals surface area contributed by atoms with Gasteiger partial charge < -0.3 is 94.3 Å². The van der Waals surface area contributed by atoms with Gasteiger partial charge in [0, 0.05) is 22.8 Å². The standard InChI is InChI=1S/C55H82N18O22S3/c1-21(58-38(78)15-57-51(88)40(27(7)74)66-47(84)25(5)62-50(87)36(20-98)70-72-16-31(69-71-72)17-95-32-11-10-30-12-39(79)73(94)54(91)33(30)13-32)43(80)56-14-37(77)59-22(2)46(83)67-42(29(9)76)53(90)68-41(28(8)75)52(89)65-35(19-97)48(85)61-23(3)44(81)60-24(4)45(82)64-34(18-96)49(86)63-26(6)55(92)93/h10-11,13,16,21-29,34-36,40-42,70,74-76,94,96-98H,12,14-15,17-20H2,1-9H3,(H,56,80)(H,57,88)(H,58,78)(H,59,77)(H,60,81)(H,61,85)(H,62,87)(H,63,86)(H,64,82)(H,65,89)(H,66,84)(H,67,83)(H,68,90)(H,92,93)/t21-,22-,23-,24-,25-,26-,27+,28+,29+,34-,35-,36-,40-,41-,42-/m0/s1. The highest BCUT2D eigenvalue weighted by Crippen LogP contribution is 2.24. The number of carboxylic acids is 1. The molecule has 98 heavy (non-hydrogen) atoms. The number of rotatable bonds is 38. The van der Waals surface area contributed by atoms with Crippen molar-refractivity contribution in [2.45, 2.75) is 166 Å². The third-order valence-corrected chi connectivity index (χ3v) is 15.1. The first kappa shape index (κ1) is 82.8. The molecule has 1 aromatic carbocycles. The molecule has 3 rings (SSSR count). The van der Waals surface area contributed by atoms with E-state index < -0.39 is 204 Å². The molecule has 15 amide bonds. The number of imide groups is 1. The Bertz CT molecular complexity index is 3290. The van der Waals surface area contributed by atoms with Crippen molar-refractivity contribution in [2.24, 2.45) is 0 Å². The number of ether oxygens (including phenoxy) is 1. The minimum atomic E-state index is -1.86. The fourth-order valence-corrected chi connectivity index (χ4v) is 8.97. The first-order valence-electron chi connectivity index (χ1n) is 29.8. The van der Waals surface area contributed by atoms with Crippen molar-refractivity contribution in [2.75, 3.05) is 35.8 Å². The molecule has 2 heterocycles. The summed E-state index contributed by atoms with van der Waals surface area (Å²) >= 11 is 12.3. The highest BCUT2D eigenvalue weighted by molar-refractivity contribution is 7.80. The van der Waals surface area contributed by atoms with E-state index >= 15 is 0 Å². The maximum absolute atomic E-state index is 13.4. The summed E-state index contributed by atoms with van der Waals surface area (Å²) in [6.07, 6.45) is -3.75. The van der Waals surface area contributed by atoms with Crippen LogP contribution in [0.5, 0.6) is 5.75 Å². The van der Waals surface area contributed by atoms with Crippen molar-refractivity contribution < 1.29 is 107 Å². The Morgan fingerprint density at radius 2 is 0.888 bits per heavy atom. The number of hydrogen-bond acceptors (Lipinski definition) is 27. The van der Waals surface area contributed by atoms with Crippen LogP contribution in [0.3, 0.4) is 0 Å². The molecule has 0 aliphatic carbocycles. The van der Waals surface area contributed by atoms with Gasteiger partial charge >= 0.3 is 5.97 Å². The second-order valence-electron chi connectivity index (χ2n) is 22.3. The van der Waals surface area contributed by atoms with Crippen molar-refractivity contribution in [3.05, 3.63) is 41.2 Å². The summed E-state index contributed by atoms with van der Waals surface area (Å²) in [6, 6.07) is -13.1. The van der Waals surface area contributed by atoms with Crippen LogP contribution in [0.2, 0.25) is 0 Å². The monoisotopic (exact) mass is 1440 g/mol. The Hall–Kier alpha value is -9.43. The molecule has 19 N–H and O–H groups in total. The number of carbonyl (C=O) groups is 16. The molecule has 40 nitrogen and oxygen atoms in total. The fraction of sp³-hybridized carbons (Fsp3) is 0.564. The Morgan fingerprint density at radius 1 is 0.500 bits per heavy atom. The maximum Gasteiger partial charge on any atom is 0.325 e. The number of aliphatic hydroxyl groups excluding tert-OH is 3. The zero-order valence-electron chi connectivity index (χ0n) is 54.2. The summed E-state index contributed by atoms with van der Waals surface area (Å²) in [6.45, 7) is 8.86. The summed E-state index contributed by atoms with van der Waals surface area (Å²) in [5.74, 6) is -16.4. The van der Waals surface area contributed by atoms with Gasteiger partial charge in [-0.05, 0) is 85.2 Å².